The highest BCUT2D eigenvalue weighted by atomic mass is 16.6. The topological polar surface area (TPSA) is 125 Å². The Morgan fingerprint density at radius 2 is 1.96 bits per heavy atom. The van der Waals surface area contributed by atoms with Crippen molar-refractivity contribution in [1.29, 1.82) is 0 Å². The van der Waals surface area contributed by atoms with Gasteiger partial charge in [0.25, 0.3) is 5.91 Å². The average molecular weight is 612 g/mol. The van der Waals surface area contributed by atoms with E-state index in [1.807, 2.05) is 39.0 Å². The number of nitrogens with one attached hydrogen (secondary N) is 1. The molecule has 3 aromatic rings. The van der Waals surface area contributed by atoms with Gasteiger partial charge in [-0.3, -0.25) is 4.79 Å². The standard InChI is InChI=1S/C36H45N5O4/c1-5-21-10-11-23-18-30(41(28(23)15-21)19-22-8-9-22)36(38)27-12-14-44-29-17-24(16-26(31(27)29)32(36)37)33(42)40-13-6-7-25(20-40)45-34(43)39-35(2,3)4/h5,10-11,15-18,22,25,27,32H,1,6-9,12-14,19-20,37-38H2,2-4H3,(H,39,43)/t25-,27?,32?,36+/m1/s1. The van der Waals surface area contributed by atoms with E-state index in [0.717, 1.165) is 52.7 Å². The Bertz CT molecular complexity index is 1680. The molecule has 238 valence electrons. The number of hydrogen-bond donors (Lipinski definition) is 3. The molecule has 45 heavy (non-hydrogen) atoms. The number of carbonyl (C=O) groups excluding carboxylic acids is 2. The molecule has 2 aromatic carbocycles. The number of nitrogens with two attached hydrogens (primary N) is 2. The largest absolute Gasteiger partial charge is 0.493 e. The number of likely N-dealkylation sites (tertiary alicyclic amines) is 1. The Hall–Kier alpha value is -3.82. The minimum atomic E-state index is -0.866. The van der Waals surface area contributed by atoms with Crippen molar-refractivity contribution >= 4 is 29.0 Å². The fourth-order valence-corrected chi connectivity index (χ4v) is 7.64. The first-order chi connectivity index (χ1) is 21.5. The van der Waals surface area contributed by atoms with Crippen molar-refractivity contribution in [2.45, 2.75) is 88.6 Å². The molecule has 9 heteroatoms. The molecule has 0 bridgehead atoms. The summed E-state index contributed by atoms with van der Waals surface area (Å²) in [5, 5.41) is 3.98. The molecule has 3 heterocycles. The van der Waals surface area contributed by atoms with Crippen LogP contribution in [0.25, 0.3) is 17.0 Å². The smallest absolute Gasteiger partial charge is 0.407 e. The van der Waals surface area contributed by atoms with Crippen molar-refractivity contribution in [2.75, 3.05) is 19.7 Å². The Labute approximate surface area is 264 Å². The zero-order valence-electron chi connectivity index (χ0n) is 26.6. The lowest BCUT2D eigenvalue weighted by Crippen LogP contribution is -2.49. The highest BCUT2D eigenvalue weighted by molar-refractivity contribution is 5.95. The molecule has 0 spiro atoms. The molecule has 4 aliphatic rings. The molecule has 0 radical (unpaired) electrons. The van der Waals surface area contributed by atoms with Crippen molar-refractivity contribution in [3.63, 3.8) is 0 Å². The molecule has 1 aromatic heterocycles. The molecule has 9 nitrogen and oxygen atoms in total. The van der Waals surface area contributed by atoms with Crippen LogP contribution in [-0.2, 0) is 16.8 Å². The van der Waals surface area contributed by atoms with Gasteiger partial charge < -0.3 is 35.7 Å². The Kier molecular flexibility index (Phi) is 7.24. The summed E-state index contributed by atoms with van der Waals surface area (Å²) in [5.41, 5.74) is 19.2. The molecule has 1 saturated carbocycles. The zero-order chi connectivity index (χ0) is 31.7. The highest BCUT2D eigenvalue weighted by Gasteiger charge is 2.55. The maximum atomic E-state index is 14.0. The van der Waals surface area contributed by atoms with Gasteiger partial charge in [0.1, 0.15) is 11.9 Å². The van der Waals surface area contributed by atoms with Gasteiger partial charge in [-0.15, -0.1) is 0 Å². The molecule has 5 N–H and O–H groups in total. The number of carbonyl (C=O) groups is 2. The van der Waals surface area contributed by atoms with Crippen LogP contribution in [0.2, 0.25) is 0 Å². The summed E-state index contributed by atoms with van der Waals surface area (Å²) in [4.78, 5) is 28.2. The summed E-state index contributed by atoms with van der Waals surface area (Å²) in [7, 11) is 0. The van der Waals surface area contributed by atoms with Crippen LogP contribution in [-0.4, -0.2) is 52.8 Å². The normalized spacial score (nSPS) is 25.9. The minimum absolute atomic E-state index is 0.0364. The Morgan fingerprint density at radius 1 is 1.16 bits per heavy atom. The van der Waals surface area contributed by atoms with Crippen LogP contribution in [0.5, 0.6) is 5.75 Å². The van der Waals surface area contributed by atoms with E-state index in [2.05, 4.69) is 40.7 Å². The van der Waals surface area contributed by atoms with E-state index in [0.29, 0.717) is 43.3 Å². The van der Waals surface area contributed by atoms with Crippen molar-refractivity contribution in [3.8, 4) is 5.75 Å². The van der Waals surface area contributed by atoms with Crippen LogP contribution >= 0.6 is 0 Å². The van der Waals surface area contributed by atoms with Crippen LogP contribution < -0.4 is 21.5 Å². The number of piperidine rings is 1. The lowest BCUT2D eigenvalue weighted by atomic mass is 9.77. The first kappa shape index (κ1) is 29.9. The van der Waals surface area contributed by atoms with E-state index in [1.54, 1.807) is 4.90 Å². The fourth-order valence-electron chi connectivity index (χ4n) is 7.64. The van der Waals surface area contributed by atoms with Gasteiger partial charge in [0.05, 0.1) is 24.7 Å². The fraction of sp³-hybridized carbons (Fsp3) is 0.500. The third-order valence-corrected chi connectivity index (χ3v) is 10.0. The molecular weight excluding hydrogens is 566 g/mol. The number of fused-ring (bicyclic) bond motifs is 1. The van der Waals surface area contributed by atoms with Gasteiger partial charge in [0, 0.05) is 46.9 Å². The highest BCUT2D eigenvalue weighted by Crippen LogP contribution is 2.58. The maximum Gasteiger partial charge on any atom is 0.407 e. The van der Waals surface area contributed by atoms with E-state index in [1.165, 1.54) is 12.8 Å². The van der Waals surface area contributed by atoms with E-state index >= 15 is 0 Å². The van der Waals surface area contributed by atoms with Crippen molar-refractivity contribution in [3.05, 3.63) is 70.9 Å². The molecule has 4 atom stereocenters. The number of nitrogens with zero attached hydrogens (tertiary/aromatic N) is 2. The summed E-state index contributed by atoms with van der Waals surface area (Å²) in [6.45, 7) is 12.1. The number of rotatable bonds is 6. The van der Waals surface area contributed by atoms with Gasteiger partial charge in [0.2, 0.25) is 0 Å². The summed E-state index contributed by atoms with van der Waals surface area (Å²) in [6, 6.07) is 11.9. The Morgan fingerprint density at radius 3 is 2.69 bits per heavy atom. The molecule has 2 aliphatic carbocycles. The van der Waals surface area contributed by atoms with E-state index < -0.39 is 23.2 Å². The van der Waals surface area contributed by atoms with Gasteiger partial charge in [-0.2, -0.15) is 0 Å². The van der Waals surface area contributed by atoms with Crippen LogP contribution in [0.15, 0.2) is 43.0 Å². The van der Waals surface area contributed by atoms with Crippen molar-refractivity contribution in [1.82, 2.24) is 14.8 Å². The van der Waals surface area contributed by atoms with Crippen LogP contribution in [0.3, 0.4) is 0 Å². The molecule has 2 unspecified atom stereocenters. The Balaban J connectivity index is 1.21. The van der Waals surface area contributed by atoms with Gasteiger partial charge in [-0.25, -0.2) is 4.79 Å². The summed E-state index contributed by atoms with van der Waals surface area (Å²) in [5.74, 6) is 1.18. The number of alkyl carbamates (subject to hydrolysis) is 1. The predicted molar refractivity (Wildman–Crippen MR) is 175 cm³/mol. The second kappa shape index (κ2) is 10.9. The molecule has 2 fully saturated rings. The second-order valence-corrected chi connectivity index (χ2v) is 14.5. The van der Waals surface area contributed by atoms with E-state index in [9.17, 15) is 9.59 Å². The number of benzene rings is 2. The first-order valence-corrected chi connectivity index (χ1v) is 16.4. The van der Waals surface area contributed by atoms with E-state index in [4.69, 9.17) is 20.9 Å². The molecule has 2 amide bonds. The monoisotopic (exact) mass is 611 g/mol. The molecule has 7 rings (SSSR count). The van der Waals surface area contributed by atoms with Gasteiger partial charge in [-0.1, -0.05) is 24.8 Å². The third kappa shape index (κ3) is 5.29. The molecular formula is C36H45N5O4. The minimum Gasteiger partial charge on any atom is -0.493 e. The zero-order valence-corrected chi connectivity index (χ0v) is 26.6. The van der Waals surface area contributed by atoms with Crippen LogP contribution in [0.4, 0.5) is 4.79 Å². The first-order valence-electron chi connectivity index (χ1n) is 16.4. The summed E-state index contributed by atoms with van der Waals surface area (Å²) >= 11 is 0. The summed E-state index contributed by atoms with van der Waals surface area (Å²) in [6.07, 6.45) is 5.71. The molecule has 1 saturated heterocycles. The van der Waals surface area contributed by atoms with Crippen molar-refractivity contribution in [2.24, 2.45) is 17.4 Å². The van der Waals surface area contributed by atoms with Crippen LogP contribution in [0.1, 0.15) is 97.6 Å². The van der Waals surface area contributed by atoms with Gasteiger partial charge >= 0.3 is 6.09 Å². The third-order valence-electron chi connectivity index (χ3n) is 10.0. The average Bonchev–Trinajstić information content (AvgIpc) is 3.72. The number of aromatic nitrogens is 1. The SMILES string of the molecule is C=Cc1ccc2cc([C@]3(N)C(N)c4cc(C(=O)N5CCC[C@@H](OC(=O)NC(C)(C)C)C5)cc5c4C3CCO5)n(CC3CC3)c2c1. The van der Waals surface area contributed by atoms with E-state index in [-0.39, 0.29) is 17.9 Å². The molecule has 2 aliphatic heterocycles. The van der Waals surface area contributed by atoms with Gasteiger partial charge in [-0.05, 0) is 99.6 Å². The van der Waals surface area contributed by atoms with Gasteiger partial charge in [0.15, 0.2) is 0 Å². The maximum absolute atomic E-state index is 14.0. The summed E-state index contributed by atoms with van der Waals surface area (Å²) < 4.78 is 14.3. The van der Waals surface area contributed by atoms with Crippen molar-refractivity contribution < 1.29 is 19.1 Å². The predicted octanol–water partition coefficient (Wildman–Crippen LogP) is 5.56. The lowest BCUT2D eigenvalue weighted by molar-refractivity contribution is 0.0322. The number of amides is 2. The van der Waals surface area contributed by atoms with Crippen LogP contribution in [0, 0.1) is 5.92 Å². The lowest BCUT2D eigenvalue weighted by Gasteiger charge is -2.38. The number of ether oxygens (including phenoxy) is 2. The number of hydrogen-bond acceptors (Lipinski definition) is 6. The quantitative estimate of drug-likeness (QED) is 0.335. The second-order valence-electron chi connectivity index (χ2n) is 14.5.